The molecule has 0 saturated carbocycles. The van der Waals surface area contributed by atoms with Gasteiger partial charge < -0.3 is 4.42 Å². The van der Waals surface area contributed by atoms with Gasteiger partial charge in [0.15, 0.2) is 10.7 Å². The maximum Gasteiger partial charge on any atom is 0.302 e. The molecule has 23 heavy (non-hydrogen) atoms. The number of non-ortho nitro benzene ring substituents is 1. The van der Waals surface area contributed by atoms with E-state index in [4.69, 9.17) is 4.42 Å². The number of hydrogen-bond acceptors (Lipinski definition) is 7. The summed E-state index contributed by atoms with van der Waals surface area (Å²) in [6.07, 6.45) is 0. The number of aromatic nitrogens is 2. The van der Waals surface area contributed by atoms with Gasteiger partial charge in [-0.3, -0.25) is 15.4 Å². The average molecular weight is 326 g/mol. The molecule has 2 aromatic carbocycles. The zero-order chi connectivity index (χ0) is 16.0. The number of hydrogen-bond donors (Lipinski definition) is 1. The third kappa shape index (κ3) is 2.38. The number of rotatable bonds is 3. The number of nitrogens with zero attached hydrogens (tertiary/aromatic N) is 3. The molecule has 0 saturated heterocycles. The first kappa shape index (κ1) is 13.6. The van der Waals surface area contributed by atoms with Crippen LogP contribution in [0.5, 0.6) is 0 Å². The molecule has 2 heterocycles. The number of nitro benzene ring substituents is 1. The van der Waals surface area contributed by atoms with Crippen LogP contribution in [0.25, 0.3) is 21.3 Å². The topological polar surface area (TPSA) is 94.1 Å². The lowest BCUT2D eigenvalue weighted by atomic mass is 10.2. The third-order valence-electron chi connectivity index (χ3n) is 3.41. The van der Waals surface area contributed by atoms with Crippen LogP contribution in [0.1, 0.15) is 5.56 Å². The predicted octanol–water partition coefficient (Wildman–Crippen LogP) is 4.40. The highest BCUT2D eigenvalue weighted by Gasteiger charge is 2.13. The van der Waals surface area contributed by atoms with Gasteiger partial charge in [-0.25, -0.2) is 4.98 Å². The van der Waals surface area contributed by atoms with Crippen molar-refractivity contribution in [1.82, 2.24) is 9.97 Å². The van der Waals surface area contributed by atoms with Crippen molar-refractivity contribution >= 4 is 49.5 Å². The molecule has 0 atom stereocenters. The quantitative estimate of drug-likeness (QED) is 0.443. The van der Waals surface area contributed by atoms with Gasteiger partial charge in [-0.1, -0.05) is 23.5 Å². The van der Waals surface area contributed by atoms with Crippen LogP contribution in [0.2, 0.25) is 0 Å². The maximum atomic E-state index is 10.8. The Bertz CT molecular complexity index is 1050. The van der Waals surface area contributed by atoms with Crippen LogP contribution in [-0.4, -0.2) is 14.9 Å². The first-order chi connectivity index (χ1) is 11.1. The molecule has 0 bridgehead atoms. The molecule has 8 heteroatoms. The Morgan fingerprint density at radius 3 is 2.87 bits per heavy atom. The summed E-state index contributed by atoms with van der Waals surface area (Å²) >= 11 is 1.31. The number of oxazole rings is 1. The second-order valence-electron chi connectivity index (χ2n) is 5.00. The normalized spacial score (nSPS) is 11.2. The van der Waals surface area contributed by atoms with E-state index in [1.165, 1.54) is 23.5 Å². The molecule has 0 unspecified atom stereocenters. The lowest BCUT2D eigenvalue weighted by molar-refractivity contribution is -0.384. The van der Waals surface area contributed by atoms with Gasteiger partial charge in [0, 0.05) is 12.1 Å². The second kappa shape index (κ2) is 5.03. The lowest BCUT2D eigenvalue weighted by Gasteiger charge is -1.93. The number of thiazole rings is 1. The van der Waals surface area contributed by atoms with E-state index in [0.29, 0.717) is 16.7 Å². The van der Waals surface area contributed by atoms with E-state index >= 15 is 0 Å². The van der Waals surface area contributed by atoms with E-state index in [0.717, 1.165) is 21.4 Å². The minimum atomic E-state index is -0.421. The van der Waals surface area contributed by atoms with Crippen molar-refractivity contribution in [3.8, 4) is 0 Å². The van der Waals surface area contributed by atoms with Crippen LogP contribution in [0.3, 0.4) is 0 Å². The van der Waals surface area contributed by atoms with Gasteiger partial charge in [0.05, 0.1) is 15.1 Å². The summed E-state index contributed by atoms with van der Waals surface area (Å²) in [5.41, 5.74) is 3.24. The maximum absolute atomic E-state index is 10.8. The molecule has 0 aliphatic carbocycles. The Hall–Kier alpha value is -3.00. The van der Waals surface area contributed by atoms with Crippen LogP contribution in [0.4, 0.5) is 16.8 Å². The molecule has 114 valence electrons. The van der Waals surface area contributed by atoms with Crippen molar-refractivity contribution in [2.75, 3.05) is 5.32 Å². The SMILES string of the molecule is Cc1cccc2nc(Nc3nc4ccc([N+](=O)[O-])cc4s3)oc12. The van der Waals surface area contributed by atoms with E-state index in [2.05, 4.69) is 15.3 Å². The van der Waals surface area contributed by atoms with E-state index in [1.54, 1.807) is 6.07 Å². The van der Waals surface area contributed by atoms with E-state index in [9.17, 15) is 10.1 Å². The fraction of sp³-hybridized carbons (Fsp3) is 0.0667. The second-order valence-corrected chi connectivity index (χ2v) is 6.03. The monoisotopic (exact) mass is 326 g/mol. The molecule has 0 spiro atoms. The number of benzene rings is 2. The van der Waals surface area contributed by atoms with Crippen molar-refractivity contribution in [1.29, 1.82) is 0 Å². The molecule has 0 amide bonds. The highest BCUT2D eigenvalue weighted by Crippen LogP contribution is 2.31. The highest BCUT2D eigenvalue weighted by atomic mass is 32.1. The Morgan fingerprint density at radius 2 is 2.09 bits per heavy atom. The minimum absolute atomic E-state index is 0.0465. The third-order valence-corrected chi connectivity index (χ3v) is 4.34. The van der Waals surface area contributed by atoms with Gasteiger partial charge in [-0.2, -0.15) is 4.98 Å². The van der Waals surface area contributed by atoms with Gasteiger partial charge in [-0.05, 0) is 24.6 Å². The van der Waals surface area contributed by atoms with Crippen molar-refractivity contribution in [2.45, 2.75) is 6.92 Å². The molecule has 0 aliphatic rings. The Labute approximate surface area is 133 Å². The molecule has 4 aromatic rings. The Morgan fingerprint density at radius 1 is 1.22 bits per heavy atom. The zero-order valence-electron chi connectivity index (χ0n) is 11.9. The number of nitrogens with one attached hydrogen (secondary N) is 1. The molecule has 2 aromatic heterocycles. The number of para-hydroxylation sites is 1. The van der Waals surface area contributed by atoms with E-state index in [-0.39, 0.29) is 5.69 Å². The number of fused-ring (bicyclic) bond motifs is 2. The van der Waals surface area contributed by atoms with Gasteiger partial charge in [0.2, 0.25) is 0 Å². The van der Waals surface area contributed by atoms with Crippen molar-refractivity contribution in [3.05, 3.63) is 52.1 Å². The number of anilines is 2. The van der Waals surface area contributed by atoms with Gasteiger partial charge in [0.1, 0.15) is 5.52 Å². The summed E-state index contributed by atoms with van der Waals surface area (Å²) in [6, 6.07) is 10.7. The molecule has 7 nitrogen and oxygen atoms in total. The van der Waals surface area contributed by atoms with E-state index < -0.39 is 4.92 Å². The summed E-state index contributed by atoms with van der Waals surface area (Å²) in [4.78, 5) is 19.2. The Kier molecular flexibility index (Phi) is 2.98. The largest absolute Gasteiger partial charge is 0.423 e. The molecule has 0 radical (unpaired) electrons. The highest BCUT2D eigenvalue weighted by molar-refractivity contribution is 7.22. The molecular weight excluding hydrogens is 316 g/mol. The average Bonchev–Trinajstić information content (AvgIpc) is 3.10. The minimum Gasteiger partial charge on any atom is -0.423 e. The first-order valence-electron chi connectivity index (χ1n) is 6.78. The summed E-state index contributed by atoms with van der Waals surface area (Å²) in [6.45, 7) is 1.95. The number of aryl methyl sites for hydroxylation is 1. The van der Waals surface area contributed by atoms with Crippen molar-refractivity contribution < 1.29 is 9.34 Å². The van der Waals surface area contributed by atoms with E-state index in [1.807, 2.05) is 25.1 Å². The van der Waals surface area contributed by atoms with Crippen LogP contribution in [0, 0.1) is 17.0 Å². The number of nitro groups is 1. The smallest absolute Gasteiger partial charge is 0.302 e. The molecular formula is C15H10N4O3S. The summed E-state index contributed by atoms with van der Waals surface area (Å²) in [7, 11) is 0. The van der Waals surface area contributed by atoms with Crippen molar-refractivity contribution in [2.24, 2.45) is 0 Å². The zero-order valence-corrected chi connectivity index (χ0v) is 12.8. The van der Waals surface area contributed by atoms with Crippen LogP contribution in [-0.2, 0) is 0 Å². The lowest BCUT2D eigenvalue weighted by Crippen LogP contribution is -1.88. The standard InChI is InChI=1S/C15H10N4O3S/c1-8-3-2-4-11-13(8)22-14(16-11)18-15-17-10-6-5-9(19(20)21)7-12(10)23-15/h2-7H,1H3,(H,16,17,18). The summed E-state index contributed by atoms with van der Waals surface area (Å²) in [5.74, 6) is 0. The fourth-order valence-electron chi connectivity index (χ4n) is 2.31. The predicted molar refractivity (Wildman–Crippen MR) is 88.3 cm³/mol. The summed E-state index contributed by atoms with van der Waals surface area (Å²) in [5, 5.41) is 14.4. The molecule has 0 fully saturated rings. The molecule has 1 N–H and O–H groups in total. The summed E-state index contributed by atoms with van der Waals surface area (Å²) < 4.78 is 6.43. The van der Waals surface area contributed by atoms with Gasteiger partial charge in [0.25, 0.3) is 5.69 Å². The van der Waals surface area contributed by atoms with Gasteiger partial charge >= 0.3 is 6.01 Å². The fourth-order valence-corrected chi connectivity index (χ4v) is 3.20. The first-order valence-corrected chi connectivity index (χ1v) is 7.60. The van der Waals surface area contributed by atoms with Crippen LogP contribution in [0.15, 0.2) is 40.8 Å². The molecule has 4 rings (SSSR count). The molecule has 0 aliphatic heterocycles. The van der Waals surface area contributed by atoms with Crippen LogP contribution >= 0.6 is 11.3 Å². The van der Waals surface area contributed by atoms with Crippen molar-refractivity contribution in [3.63, 3.8) is 0 Å². The van der Waals surface area contributed by atoms with Gasteiger partial charge in [-0.15, -0.1) is 0 Å². The Balaban J connectivity index is 1.71. The van der Waals surface area contributed by atoms with Crippen LogP contribution < -0.4 is 5.32 Å².